The van der Waals surface area contributed by atoms with Crippen molar-refractivity contribution in [3.8, 4) is 0 Å². The maximum atomic E-state index is 13.8. The minimum Gasteiger partial charge on any atom is -0.330 e. The minimum atomic E-state index is -0.0226. The number of benzene rings is 2. The molecule has 0 saturated carbocycles. The van der Waals surface area contributed by atoms with Gasteiger partial charge in [-0.3, -0.25) is 4.98 Å². The molecule has 43 heavy (non-hydrogen) atoms. The second-order valence-corrected chi connectivity index (χ2v) is 13.0. The van der Waals surface area contributed by atoms with Gasteiger partial charge in [-0.2, -0.15) is 0 Å². The van der Waals surface area contributed by atoms with Crippen molar-refractivity contribution in [2.45, 2.75) is 85.5 Å². The molecule has 232 valence electrons. The Morgan fingerprint density at radius 3 is 2.19 bits per heavy atom. The predicted molar refractivity (Wildman–Crippen MR) is 178 cm³/mol. The molecule has 0 bridgehead atoms. The number of aromatic nitrogens is 1. The highest BCUT2D eigenvalue weighted by Crippen LogP contribution is 2.28. The van der Waals surface area contributed by atoms with E-state index >= 15 is 0 Å². The van der Waals surface area contributed by atoms with Crippen LogP contribution in [0.25, 0.3) is 0 Å². The van der Waals surface area contributed by atoms with Crippen molar-refractivity contribution >= 4 is 6.03 Å². The molecule has 1 aliphatic rings. The Morgan fingerprint density at radius 2 is 1.49 bits per heavy atom. The number of carbonyl (C=O) groups is 1. The van der Waals surface area contributed by atoms with Gasteiger partial charge in [0.15, 0.2) is 0 Å². The molecule has 2 amide bonds. The predicted octanol–water partition coefficient (Wildman–Crippen LogP) is 7.35. The summed E-state index contributed by atoms with van der Waals surface area (Å²) in [5.74, 6) is 1.31. The van der Waals surface area contributed by atoms with Gasteiger partial charge in [0.1, 0.15) is 0 Å². The quantitative estimate of drug-likeness (QED) is 0.173. The Labute approximate surface area is 260 Å². The van der Waals surface area contributed by atoms with Gasteiger partial charge in [-0.05, 0) is 78.8 Å². The van der Waals surface area contributed by atoms with E-state index < -0.39 is 0 Å². The maximum Gasteiger partial charge on any atom is 0.318 e. The molecule has 0 radical (unpaired) electrons. The highest BCUT2D eigenvalue weighted by Gasteiger charge is 2.25. The molecule has 0 spiro atoms. The standard InChI is InChI=1S/C37H53N5O/c1-29(2)26-41(27-30(3)4)22-8-9-23-42(37(43)40-35-16-10-14-34-15-11-21-39-36(34)35)28-33-19-17-32(18-20-33)25-38-24-31-12-6-5-7-13-31/h5-7,11-13,15,17-21,29-30,35,38H,8-10,14,16,22-28H2,1-4H3,(H,40,43). The van der Waals surface area contributed by atoms with Gasteiger partial charge < -0.3 is 20.4 Å². The fraction of sp³-hybridized carbons (Fsp3) is 0.514. The zero-order chi connectivity index (χ0) is 30.4. The van der Waals surface area contributed by atoms with Crippen LogP contribution < -0.4 is 10.6 Å². The third-order valence-electron chi connectivity index (χ3n) is 8.08. The number of unbranched alkanes of at least 4 members (excludes halogenated alkanes) is 1. The second-order valence-electron chi connectivity index (χ2n) is 13.0. The average molecular weight is 584 g/mol. The first kappa shape index (κ1) is 32.7. The molecule has 4 rings (SSSR count). The molecule has 1 atom stereocenters. The zero-order valence-corrected chi connectivity index (χ0v) is 26.9. The maximum absolute atomic E-state index is 13.8. The zero-order valence-electron chi connectivity index (χ0n) is 26.9. The molecule has 1 aromatic heterocycles. The summed E-state index contributed by atoms with van der Waals surface area (Å²) in [4.78, 5) is 23.0. The van der Waals surface area contributed by atoms with Crippen LogP contribution in [-0.2, 0) is 26.1 Å². The molecular formula is C37H53N5O. The van der Waals surface area contributed by atoms with Crippen LogP contribution in [0.3, 0.4) is 0 Å². The molecule has 2 aromatic carbocycles. The number of hydrogen-bond acceptors (Lipinski definition) is 4. The van der Waals surface area contributed by atoms with Gasteiger partial charge in [-0.1, -0.05) is 88.4 Å². The SMILES string of the molecule is CC(C)CN(CCCCN(Cc1ccc(CNCc2ccccc2)cc1)C(=O)NC1CCCc2cccnc21)CC(C)C. The number of carbonyl (C=O) groups excluding carboxylic acids is 1. The first-order chi connectivity index (χ1) is 20.9. The van der Waals surface area contributed by atoms with Gasteiger partial charge in [0, 0.05) is 45.5 Å². The van der Waals surface area contributed by atoms with Crippen LogP contribution in [-0.4, -0.2) is 47.0 Å². The number of urea groups is 1. The Morgan fingerprint density at radius 1 is 0.837 bits per heavy atom. The molecule has 1 unspecified atom stereocenters. The third-order valence-corrected chi connectivity index (χ3v) is 8.08. The normalized spacial score (nSPS) is 14.7. The Balaban J connectivity index is 1.36. The summed E-state index contributed by atoms with van der Waals surface area (Å²) in [6, 6.07) is 23.3. The molecule has 1 heterocycles. The number of pyridine rings is 1. The lowest BCUT2D eigenvalue weighted by molar-refractivity contribution is 0.183. The van der Waals surface area contributed by atoms with Crippen molar-refractivity contribution in [2.75, 3.05) is 26.2 Å². The summed E-state index contributed by atoms with van der Waals surface area (Å²) in [7, 11) is 0. The van der Waals surface area contributed by atoms with E-state index in [4.69, 9.17) is 0 Å². The Bertz CT molecular complexity index is 1220. The molecule has 2 N–H and O–H groups in total. The van der Waals surface area contributed by atoms with Gasteiger partial charge in [0.05, 0.1) is 11.7 Å². The molecule has 0 aliphatic heterocycles. The second kappa shape index (κ2) is 17.2. The fourth-order valence-electron chi connectivity index (χ4n) is 6.10. The molecule has 0 saturated heterocycles. The van der Waals surface area contributed by atoms with Crippen molar-refractivity contribution in [3.63, 3.8) is 0 Å². The van der Waals surface area contributed by atoms with Gasteiger partial charge >= 0.3 is 6.03 Å². The van der Waals surface area contributed by atoms with E-state index in [-0.39, 0.29) is 12.1 Å². The number of hydrogen-bond donors (Lipinski definition) is 2. The smallest absolute Gasteiger partial charge is 0.318 e. The number of fused-ring (bicyclic) bond motifs is 1. The van der Waals surface area contributed by atoms with E-state index in [1.54, 1.807) is 0 Å². The lowest BCUT2D eigenvalue weighted by Gasteiger charge is -2.30. The number of nitrogens with one attached hydrogen (secondary N) is 2. The third kappa shape index (κ3) is 11.1. The molecule has 0 fully saturated rings. The highest BCUT2D eigenvalue weighted by molar-refractivity contribution is 5.74. The van der Waals surface area contributed by atoms with Crippen LogP contribution in [0.5, 0.6) is 0 Å². The van der Waals surface area contributed by atoms with Crippen LogP contribution in [0.4, 0.5) is 4.79 Å². The summed E-state index contributed by atoms with van der Waals surface area (Å²) in [5.41, 5.74) is 5.99. The van der Waals surface area contributed by atoms with Crippen molar-refractivity contribution in [2.24, 2.45) is 11.8 Å². The topological polar surface area (TPSA) is 60.5 Å². The van der Waals surface area contributed by atoms with Gasteiger partial charge in [-0.15, -0.1) is 0 Å². The van der Waals surface area contributed by atoms with E-state index in [0.29, 0.717) is 18.4 Å². The van der Waals surface area contributed by atoms with Gasteiger partial charge in [-0.25, -0.2) is 4.79 Å². The lowest BCUT2D eigenvalue weighted by atomic mass is 9.92. The molecular weight excluding hydrogens is 530 g/mol. The van der Waals surface area contributed by atoms with Crippen molar-refractivity contribution in [3.05, 3.63) is 101 Å². The van der Waals surface area contributed by atoms with Crippen molar-refractivity contribution in [1.29, 1.82) is 0 Å². The Kier molecular flexibility index (Phi) is 13.1. The van der Waals surface area contributed by atoms with E-state index in [2.05, 4.69) is 103 Å². The molecule has 1 aliphatic carbocycles. The first-order valence-electron chi connectivity index (χ1n) is 16.4. The summed E-state index contributed by atoms with van der Waals surface area (Å²) in [5, 5.41) is 6.89. The highest BCUT2D eigenvalue weighted by atomic mass is 16.2. The van der Waals surface area contributed by atoms with Crippen LogP contribution in [0.1, 0.15) is 87.4 Å². The average Bonchev–Trinajstić information content (AvgIpc) is 2.99. The Hall–Kier alpha value is -3.22. The van der Waals surface area contributed by atoms with Crippen LogP contribution in [0.15, 0.2) is 72.9 Å². The van der Waals surface area contributed by atoms with E-state index in [0.717, 1.165) is 82.6 Å². The minimum absolute atomic E-state index is 0.0123. The summed E-state index contributed by atoms with van der Waals surface area (Å²) < 4.78 is 0. The lowest BCUT2D eigenvalue weighted by Crippen LogP contribution is -2.43. The van der Waals surface area contributed by atoms with Crippen LogP contribution >= 0.6 is 0 Å². The van der Waals surface area contributed by atoms with Crippen molar-refractivity contribution in [1.82, 2.24) is 25.4 Å². The molecule has 3 aromatic rings. The summed E-state index contributed by atoms with van der Waals surface area (Å²) in [6.45, 7) is 15.5. The monoisotopic (exact) mass is 583 g/mol. The first-order valence-corrected chi connectivity index (χ1v) is 16.4. The van der Waals surface area contributed by atoms with Gasteiger partial charge in [0.2, 0.25) is 0 Å². The number of rotatable bonds is 16. The number of nitrogens with zero attached hydrogens (tertiary/aromatic N) is 3. The number of aryl methyl sites for hydroxylation is 1. The summed E-state index contributed by atoms with van der Waals surface area (Å²) in [6.07, 6.45) is 6.97. The van der Waals surface area contributed by atoms with E-state index in [1.807, 2.05) is 23.2 Å². The molecule has 6 heteroatoms. The van der Waals surface area contributed by atoms with E-state index in [1.165, 1.54) is 16.7 Å². The summed E-state index contributed by atoms with van der Waals surface area (Å²) >= 11 is 0. The van der Waals surface area contributed by atoms with Crippen LogP contribution in [0, 0.1) is 11.8 Å². The largest absolute Gasteiger partial charge is 0.330 e. The fourth-order valence-corrected chi connectivity index (χ4v) is 6.10. The molecule has 6 nitrogen and oxygen atoms in total. The number of amides is 2. The van der Waals surface area contributed by atoms with Crippen molar-refractivity contribution < 1.29 is 4.79 Å². The van der Waals surface area contributed by atoms with Gasteiger partial charge in [0.25, 0.3) is 0 Å². The van der Waals surface area contributed by atoms with Crippen LogP contribution in [0.2, 0.25) is 0 Å². The van der Waals surface area contributed by atoms with E-state index in [9.17, 15) is 4.79 Å².